The van der Waals surface area contributed by atoms with Gasteiger partial charge in [0.1, 0.15) is 11.3 Å². The fraction of sp³-hybridized carbons (Fsp3) is 0.125. The highest BCUT2D eigenvalue weighted by atomic mass is 16.6. The van der Waals surface area contributed by atoms with E-state index in [9.17, 15) is 14.9 Å². The second kappa shape index (κ2) is 3.33. The Kier molecular flexibility index (Phi) is 2.37. The molecule has 1 rings (SSSR count). The van der Waals surface area contributed by atoms with E-state index in [1.165, 1.54) is 6.92 Å². The zero-order valence-corrected chi connectivity index (χ0v) is 7.22. The minimum atomic E-state index is -1.39. The van der Waals surface area contributed by atoms with Gasteiger partial charge in [-0.1, -0.05) is 0 Å². The second-order valence-electron chi connectivity index (χ2n) is 2.72. The van der Waals surface area contributed by atoms with E-state index in [1.807, 2.05) is 0 Å². The minimum Gasteiger partial charge on any atom is -0.507 e. The van der Waals surface area contributed by atoms with Crippen LogP contribution in [-0.2, 0) is 0 Å². The van der Waals surface area contributed by atoms with Gasteiger partial charge in [-0.25, -0.2) is 4.79 Å². The van der Waals surface area contributed by atoms with Crippen molar-refractivity contribution in [3.63, 3.8) is 0 Å². The van der Waals surface area contributed by atoms with Crippen LogP contribution in [0.15, 0.2) is 12.1 Å². The number of aryl methyl sites for hydroxylation is 1. The number of carbonyl (C=O) groups is 1. The summed E-state index contributed by atoms with van der Waals surface area (Å²) in [5.74, 6) is -1.68. The maximum absolute atomic E-state index is 10.6. The molecule has 0 fully saturated rings. The third-order valence-corrected chi connectivity index (χ3v) is 1.74. The first-order chi connectivity index (χ1) is 6.43. The molecule has 6 heteroatoms. The number of phenols is 1. The monoisotopic (exact) mass is 197 g/mol. The van der Waals surface area contributed by atoms with Gasteiger partial charge in [-0.2, -0.15) is 0 Å². The Balaban J connectivity index is 3.46. The van der Waals surface area contributed by atoms with Gasteiger partial charge < -0.3 is 10.2 Å². The largest absolute Gasteiger partial charge is 0.507 e. The van der Waals surface area contributed by atoms with Crippen LogP contribution in [0.5, 0.6) is 5.75 Å². The van der Waals surface area contributed by atoms with Gasteiger partial charge in [-0.3, -0.25) is 10.1 Å². The summed E-state index contributed by atoms with van der Waals surface area (Å²) in [6, 6.07) is 1.90. The predicted octanol–water partition coefficient (Wildman–Crippen LogP) is 1.31. The Morgan fingerprint density at radius 1 is 1.50 bits per heavy atom. The smallest absolute Gasteiger partial charge is 0.342 e. The molecule has 2 N–H and O–H groups in total. The maximum Gasteiger partial charge on any atom is 0.342 e. The van der Waals surface area contributed by atoms with Crippen molar-refractivity contribution >= 4 is 11.7 Å². The lowest BCUT2D eigenvalue weighted by atomic mass is 10.1. The normalized spacial score (nSPS) is 9.79. The van der Waals surface area contributed by atoms with Gasteiger partial charge in [0.25, 0.3) is 5.69 Å². The Morgan fingerprint density at radius 2 is 2.07 bits per heavy atom. The van der Waals surface area contributed by atoms with Crippen LogP contribution in [0.1, 0.15) is 15.9 Å². The van der Waals surface area contributed by atoms with Crippen LogP contribution in [-0.4, -0.2) is 21.1 Å². The predicted molar refractivity (Wildman–Crippen MR) is 46.5 cm³/mol. The molecule has 0 aliphatic carbocycles. The molecule has 0 saturated heterocycles. The lowest BCUT2D eigenvalue weighted by Crippen LogP contribution is -2.03. The van der Waals surface area contributed by atoms with Crippen molar-refractivity contribution in [3.8, 4) is 5.75 Å². The van der Waals surface area contributed by atoms with Crippen LogP contribution in [0.3, 0.4) is 0 Å². The summed E-state index contributed by atoms with van der Waals surface area (Å²) in [5, 5.41) is 28.2. The summed E-state index contributed by atoms with van der Waals surface area (Å²) in [7, 11) is 0. The van der Waals surface area contributed by atoms with Crippen LogP contribution in [0.4, 0.5) is 5.69 Å². The number of hydrogen-bond acceptors (Lipinski definition) is 4. The molecule has 74 valence electrons. The Hall–Kier alpha value is -2.11. The molecule has 0 spiro atoms. The van der Waals surface area contributed by atoms with E-state index in [4.69, 9.17) is 10.2 Å². The van der Waals surface area contributed by atoms with E-state index in [0.29, 0.717) is 0 Å². The van der Waals surface area contributed by atoms with Crippen molar-refractivity contribution in [2.45, 2.75) is 6.92 Å². The first kappa shape index (κ1) is 9.97. The summed E-state index contributed by atoms with van der Waals surface area (Å²) < 4.78 is 0. The zero-order valence-electron chi connectivity index (χ0n) is 7.22. The molecular formula is C8H7NO5. The summed E-state index contributed by atoms with van der Waals surface area (Å²) in [5.41, 5.74) is -0.751. The number of aromatic carboxylic acids is 1. The van der Waals surface area contributed by atoms with E-state index in [2.05, 4.69) is 0 Å². The number of hydrogen-bond donors (Lipinski definition) is 2. The van der Waals surface area contributed by atoms with Gasteiger partial charge in [0.15, 0.2) is 0 Å². The van der Waals surface area contributed by atoms with Crippen molar-refractivity contribution in [1.82, 2.24) is 0 Å². The van der Waals surface area contributed by atoms with Crippen molar-refractivity contribution in [3.05, 3.63) is 33.4 Å². The quantitative estimate of drug-likeness (QED) is 0.549. The van der Waals surface area contributed by atoms with Gasteiger partial charge in [0.2, 0.25) is 0 Å². The number of phenolic OH excluding ortho intramolecular Hbond substituents is 1. The summed E-state index contributed by atoms with van der Waals surface area (Å²) in [4.78, 5) is 20.2. The van der Waals surface area contributed by atoms with E-state index in [0.717, 1.165) is 12.1 Å². The third kappa shape index (κ3) is 1.63. The van der Waals surface area contributed by atoms with Gasteiger partial charge in [-0.15, -0.1) is 0 Å². The van der Waals surface area contributed by atoms with E-state index >= 15 is 0 Å². The molecular weight excluding hydrogens is 190 g/mol. The number of nitro benzene ring substituents is 1. The van der Waals surface area contributed by atoms with Crippen molar-refractivity contribution < 1.29 is 19.9 Å². The van der Waals surface area contributed by atoms with E-state index < -0.39 is 22.1 Å². The van der Waals surface area contributed by atoms with Gasteiger partial charge in [-0.05, 0) is 18.6 Å². The SMILES string of the molecule is Cc1cc(C(=O)O)c([N+](=O)[O-])cc1O. The number of rotatable bonds is 2. The number of nitrogens with zero attached hydrogens (tertiary/aromatic N) is 1. The number of carboxylic acid groups (broad SMARTS) is 1. The lowest BCUT2D eigenvalue weighted by molar-refractivity contribution is -0.385. The highest BCUT2D eigenvalue weighted by molar-refractivity contribution is 5.93. The number of aromatic hydroxyl groups is 1. The molecule has 0 radical (unpaired) electrons. The number of benzene rings is 1. The molecule has 0 heterocycles. The van der Waals surface area contributed by atoms with Crippen LogP contribution in [0.25, 0.3) is 0 Å². The van der Waals surface area contributed by atoms with Gasteiger partial charge in [0, 0.05) is 0 Å². The highest BCUT2D eigenvalue weighted by Crippen LogP contribution is 2.27. The van der Waals surface area contributed by atoms with Crippen molar-refractivity contribution in [2.24, 2.45) is 0 Å². The van der Waals surface area contributed by atoms with E-state index in [1.54, 1.807) is 0 Å². The average Bonchev–Trinajstić information content (AvgIpc) is 2.08. The third-order valence-electron chi connectivity index (χ3n) is 1.74. The summed E-state index contributed by atoms with van der Waals surface area (Å²) in [6.45, 7) is 1.46. The standard InChI is InChI=1S/C8H7NO5/c1-4-2-5(8(11)12)6(9(13)14)3-7(4)10/h2-3,10H,1H3,(H,11,12). The molecule has 0 saturated carbocycles. The van der Waals surface area contributed by atoms with Crippen LogP contribution >= 0.6 is 0 Å². The Labute approximate surface area is 78.6 Å². The molecule has 0 atom stereocenters. The van der Waals surface area contributed by atoms with Crippen molar-refractivity contribution in [2.75, 3.05) is 0 Å². The Bertz CT molecular complexity index is 373. The molecule has 6 nitrogen and oxygen atoms in total. The second-order valence-corrected chi connectivity index (χ2v) is 2.72. The topological polar surface area (TPSA) is 101 Å². The van der Waals surface area contributed by atoms with Gasteiger partial charge >= 0.3 is 5.97 Å². The molecule has 0 amide bonds. The van der Waals surface area contributed by atoms with Crippen LogP contribution < -0.4 is 0 Å². The molecule has 0 aliphatic rings. The van der Waals surface area contributed by atoms with Crippen molar-refractivity contribution in [1.29, 1.82) is 0 Å². The molecule has 1 aromatic rings. The van der Waals surface area contributed by atoms with Gasteiger partial charge in [0.05, 0.1) is 11.0 Å². The fourth-order valence-electron chi connectivity index (χ4n) is 1.01. The molecule has 0 unspecified atom stereocenters. The van der Waals surface area contributed by atoms with Crippen LogP contribution in [0, 0.1) is 17.0 Å². The number of nitro groups is 1. The van der Waals surface area contributed by atoms with E-state index in [-0.39, 0.29) is 11.3 Å². The molecule has 14 heavy (non-hydrogen) atoms. The maximum atomic E-state index is 10.6. The Morgan fingerprint density at radius 3 is 2.50 bits per heavy atom. The first-order valence-corrected chi connectivity index (χ1v) is 3.64. The molecule has 0 aromatic heterocycles. The fourth-order valence-corrected chi connectivity index (χ4v) is 1.01. The first-order valence-electron chi connectivity index (χ1n) is 3.64. The highest BCUT2D eigenvalue weighted by Gasteiger charge is 2.21. The van der Waals surface area contributed by atoms with Crippen LogP contribution in [0.2, 0.25) is 0 Å². The molecule has 0 bridgehead atoms. The number of carboxylic acids is 1. The summed E-state index contributed by atoms with van der Waals surface area (Å²) in [6.07, 6.45) is 0. The molecule has 0 aliphatic heterocycles. The zero-order chi connectivity index (χ0) is 10.9. The minimum absolute atomic E-state index is 0.285. The lowest BCUT2D eigenvalue weighted by Gasteiger charge is -2.01. The molecule has 1 aromatic carbocycles. The average molecular weight is 197 g/mol. The summed E-state index contributed by atoms with van der Waals surface area (Å²) >= 11 is 0.